The summed E-state index contributed by atoms with van der Waals surface area (Å²) in [5.74, 6) is -1.55. The molecule has 2 saturated heterocycles. The molecule has 0 unspecified atom stereocenters. The molecule has 7 nitrogen and oxygen atoms in total. The van der Waals surface area contributed by atoms with Crippen LogP contribution in [0.4, 0.5) is 13.2 Å². The first-order chi connectivity index (χ1) is 11.9. The smallest absolute Gasteiger partial charge is 0.417 e. The molecule has 0 radical (unpaired) electrons. The van der Waals surface area contributed by atoms with E-state index < -0.39 is 12.1 Å². The maximum absolute atomic E-state index is 12.5. The maximum atomic E-state index is 12.5. The van der Waals surface area contributed by atoms with Crippen molar-refractivity contribution in [2.75, 3.05) is 32.8 Å². The van der Waals surface area contributed by atoms with Gasteiger partial charge in [-0.05, 0) is 38.8 Å². The Morgan fingerprint density at radius 3 is 2.60 bits per heavy atom. The Morgan fingerprint density at radius 1 is 1.24 bits per heavy atom. The molecule has 1 aromatic rings. The number of ether oxygens (including phenoxy) is 1. The molecule has 25 heavy (non-hydrogen) atoms. The first kappa shape index (κ1) is 18.1. The van der Waals surface area contributed by atoms with Crippen molar-refractivity contribution in [3.8, 4) is 0 Å². The summed E-state index contributed by atoms with van der Waals surface area (Å²) in [6, 6.07) is 0. The molecule has 0 spiro atoms. The van der Waals surface area contributed by atoms with Crippen molar-refractivity contribution in [3.63, 3.8) is 0 Å². The van der Waals surface area contributed by atoms with Crippen LogP contribution >= 0.6 is 0 Å². The van der Waals surface area contributed by atoms with E-state index in [2.05, 4.69) is 15.5 Å². The highest BCUT2D eigenvalue weighted by molar-refractivity contribution is 5.78. The highest BCUT2D eigenvalue weighted by Gasteiger charge is 2.39. The van der Waals surface area contributed by atoms with Crippen LogP contribution in [0.5, 0.6) is 0 Å². The molecule has 140 valence electrons. The third kappa shape index (κ3) is 4.91. The van der Waals surface area contributed by atoms with Gasteiger partial charge in [-0.1, -0.05) is 0 Å². The molecule has 1 amide bonds. The van der Waals surface area contributed by atoms with Gasteiger partial charge in [-0.3, -0.25) is 9.69 Å². The Labute approximate surface area is 142 Å². The fraction of sp³-hybridized carbons (Fsp3) is 0.800. The number of aromatic nitrogens is 2. The van der Waals surface area contributed by atoms with E-state index in [1.807, 2.05) is 4.90 Å². The number of amides is 1. The van der Waals surface area contributed by atoms with Gasteiger partial charge >= 0.3 is 12.1 Å². The molecular formula is C15H21F3N4O3. The van der Waals surface area contributed by atoms with Crippen LogP contribution in [0.25, 0.3) is 0 Å². The molecule has 0 saturated carbocycles. The zero-order chi connectivity index (χ0) is 17.9. The van der Waals surface area contributed by atoms with Crippen molar-refractivity contribution < 1.29 is 27.1 Å². The number of piperidine rings is 1. The first-order valence-electron chi connectivity index (χ1n) is 8.43. The number of halogens is 3. The van der Waals surface area contributed by atoms with Gasteiger partial charge in [-0.25, -0.2) is 0 Å². The van der Waals surface area contributed by atoms with Crippen LogP contribution in [0.1, 0.15) is 43.4 Å². The van der Waals surface area contributed by atoms with E-state index >= 15 is 0 Å². The van der Waals surface area contributed by atoms with Crippen LogP contribution in [0, 0.1) is 0 Å². The number of carbonyl (C=O) groups is 1. The van der Waals surface area contributed by atoms with Gasteiger partial charge in [0.05, 0.1) is 12.6 Å². The minimum atomic E-state index is -4.62. The number of nitrogens with one attached hydrogen (secondary N) is 1. The van der Waals surface area contributed by atoms with Crippen LogP contribution in [0.3, 0.4) is 0 Å². The van der Waals surface area contributed by atoms with Crippen molar-refractivity contribution in [2.45, 2.75) is 43.9 Å². The van der Waals surface area contributed by atoms with Crippen LogP contribution in [-0.2, 0) is 15.7 Å². The van der Waals surface area contributed by atoms with E-state index in [0.717, 1.165) is 19.4 Å². The number of hydrogen-bond acceptors (Lipinski definition) is 6. The summed E-state index contributed by atoms with van der Waals surface area (Å²) in [6.45, 7) is 2.75. The lowest BCUT2D eigenvalue weighted by Crippen LogP contribution is -2.43. The van der Waals surface area contributed by atoms with Crippen LogP contribution in [0.15, 0.2) is 4.42 Å². The SMILES string of the molecule is O=C(CN1CCC(c2nnc(C(F)(F)F)o2)CC1)NC[C@@H]1CCCO1. The number of alkyl halides is 3. The number of carbonyl (C=O) groups excluding carboxylic acids is 1. The lowest BCUT2D eigenvalue weighted by Gasteiger charge is -2.29. The van der Waals surface area contributed by atoms with Crippen LogP contribution < -0.4 is 5.32 Å². The Bertz CT molecular complexity index is 579. The molecule has 1 atom stereocenters. The molecular weight excluding hydrogens is 341 g/mol. The summed E-state index contributed by atoms with van der Waals surface area (Å²) in [5.41, 5.74) is 0. The summed E-state index contributed by atoms with van der Waals surface area (Å²) in [7, 11) is 0. The molecule has 2 fully saturated rings. The van der Waals surface area contributed by atoms with E-state index in [4.69, 9.17) is 9.15 Å². The third-order valence-electron chi connectivity index (χ3n) is 4.54. The highest BCUT2D eigenvalue weighted by atomic mass is 19.4. The number of nitrogens with zero attached hydrogens (tertiary/aromatic N) is 3. The van der Waals surface area contributed by atoms with Crippen molar-refractivity contribution in [2.24, 2.45) is 0 Å². The van der Waals surface area contributed by atoms with E-state index in [1.54, 1.807) is 0 Å². The van der Waals surface area contributed by atoms with E-state index in [9.17, 15) is 18.0 Å². The fourth-order valence-corrected chi connectivity index (χ4v) is 3.14. The summed E-state index contributed by atoms with van der Waals surface area (Å²) < 4.78 is 47.7. The fourth-order valence-electron chi connectivity index (χ4n) is 3.14. The lowest BCUT2D eigenvalue weighted by atomic mass is 9.97. The zero-order valence-electron chi connectivity index (χ0n) is 13.7. The van der Waals surface area contributed by atoms with Crippen molar-refractivity contribution in [1.82, 2.24) is 20.4 Å². The Balaban J connectivity index is 1.40. The number of hydrogen-bond donors (Lipinski definition) is 1. The second-order valence-electron chi connectivity index (χ2n) is 6.43. The van der Waals surface area contributed by atoms with Gasteiger partial charge in [0, 0.05) is 19.1 Å². The van der Waals surface area contributed by atoms with E-state index in [-0.39, 0.29) is 30.4 Å². The summed E-state index contributed by atoms with van der Waals surface area (Å²) in [4.78, 5) is 13.9. The molecule has 3 rings (SSSR count). The zero-order valence-corrected chi connectivity index (χ0v) is 13.7. The molecule has 2 aliphatic rings. The van der Waals surface area contributed by atoms with E-state index in [0.29, 0.717) is 32.5 Å². The lowest BCUT2D eigenvalue weighted by molar-refractivity contribution is -0.157. The largest absolute Gasteiger partial charge is 0.470 e. The molecule has 1 aromatic heterocycles. The minimum absolute atomic E-state index is 0.0230. The first-order valence-corrected chi connectivity index (χ1v) is 8.43. The average Bonchev–Trinajstić information content (AvgIpc) is 3.25. The maximum Gasteiger partial charge on any atom is 0.470 e. The molecule has 0 bridgehead atoms. The van der Waals surface area contributed by atoms with Gasteiger partial charge in [0.1, 0.15) is 0 Å². The molecule has 1 N–H and O–H groups in total. The Kier molecular flexibility index (Phi) is 5.57. The van der Waals surface area contributed by atoms with Gasteiger partial charge in [0.2, 0.25) is 11.8 Å². The second-order valence-corrected chi connectivity index (χ2v) is 6.43. The summed E-state index contributed by atoms with van der Waals surface area (Å²) in [5, 5.41) is 9.44. The molecule has 0 aliphatic carbocycles. The standard InChI is InChI=1S/C15H21F3N4O3/c16-15(17,18)14-21-20-13(25-14)10-3-5-22(6-4-10)9-12(23)19-8-11-2-1-7-24-11/h10-11H,1-9H2,(H,19,23)/t11-/m0/s1. The van der Waals surface area contributed by atoms with Gasteiger partial charge in [0.25, 0.3) is 0 Å². The monoisotopic (exact) mass is 362 g/mol. The normalized spacial score (nSPS) is 23.1. The quantitative estimate of drug-likeness (QED) is 0.856. The average molecular weight is 362 g/mol. The molecule has 2 aliphatic heterocycles. The summed E-state index contributed by atoms with van der Waals surface area (Å²) in [6.07, 6.45) is -1.35. The van der Waals surface area contributed by atoms with Crippen LogP contribution in [-0.4, -0.2) is 59.9 Å². The number of rotatable bonds is 5. The van der Waals surface area contributed by atoms with Gasteiger partial charge in [-0.15, -0.1) is 10.2 Å². The Morgan fingerprint density at radius 2 is 2.00 bits per heavy atom. The molecule has 3 heterocycles. The molecule has 0 aromatic carbocycles. The topological polar surface area (TPSA) is 80.5 Å². The van der Waals surface area contributed by atoms with Gasteiger partial charge in [-0.2, -0.15) is 13.2 Å². The minimum Gasteiger partial charge on any atom is -0.417 e. The molecule has 10 heteroatoms. The van der Waals surface area contributed by atoms with Crippen molar-refractivity contribution >= 4 is 5.91 Å². The van der Waals surface area contributed by atoms with Crippen molar-refractivity contribution in [3.05, 3.63) is 11.8 Å². The third-order valence-corrected chi connectivity index (χ3v) is 4.54. The second kappa shape index (κ2) is 7.69. The van der Waals surface area contributed by atoms with E-state index in [1.165, 1.54) is 0 Å². The van der Waals surface area contributed by atoms with Gasteiger partial charge in [0.15, 0.2) is 0 Å². The van der Waals surface area contributed by atoms with Crippen LogP contribution in [0.2, 0.25) is 0 Å². The van der Waals surface area contributed by atoms with Gasteiger partial charge < -0.3 is 14.5 Å². The predicted molar refractivity (Wildman–Crippen MR) is 79.7 cm³/mol. The highest BCUT2D eigenvalue weighted by Crippen LogP contribution is 2.32. The van der Waals surface area contributed by atoms with Crippen molar-refractivity contribution in [1.29, 1.82) is 0 Å². The predicted octanol–water partition coefficient (Wildman–Crippen LogP) is 1.56. The Hall–Kier alpha value is -1.68. The number of likely N-dealkylation sites (tertiary alicyclic amines) is 1. The summed E-state index contributed by atoms with van der Waals surface area (Å²) >= 11 is 0.